The minimum Gasteiger partial charge on any atom is -0.391 e. The summed E-state index contributed by atoms with van der Waals surface area (Å²) in [5, 5.41) is 34.8. The van der Waals surface area contributed by atoms with Crippen LogP contribution in [0.5, 0.6) is 0 Å². The fraction of sp³-hybridized carbons (Fsp3) is 0.944. The monoisotopic (exact) mass is 1060 g/mol. The molecule has 0 aromatic carbocycles. The van der Waals surface area contributed by atoms with Crippen molar-refractivity contribution in [3.63, 3.8) is 0 Å². The molecule has 9 aliphatic rings. The molecule has 19 nitrogen and oxygen atoms in total. The van der Waals surface area contributed by atoms with Crippen LogP contribution in [0.2, 0.25) is 0 Å². The summed E-state index contributed by atoms with van der Waals surface area (Å²) in [7, 11) is 0. The number of amides is 3. The van der Waals surface area contributed by atoms with Crippen molar-refractivity contribution in [2.24, 2.45) is 35.5 Å². The number of likely N-dealkylation sites (tertiary alicyclic amines) is 2. The van der Waals surface area contributed by atoms with Crippen molar-refractivity contribution >= 4 is 29.5 Å². The lowest BCUT2D eigenvalue weighted by atomic mass is 9.77. The zero-order chi connectivity index (χ0) is 51.7. The Labute approximate surface area is 447 Å². The van der Waals surface area contributed by atoms with Crippen LogP contribution in [0.15, 0.2) is 0 Å². The van der Waals surface area contributed by atoms with Gasteiger partial charge in [-0.1, -0.05) is 53.4 Å². The van der Waals surface area contributed by atoms with Crippen molar-refractivity contribution in [2.75, 3.05) is 84.7 Å². The average molecular weight is 1060 g/mol. The van der Waals surface area contributed by atoms with E-state index >= 15 is 0 Å². The first-order valence-electron chi connectivity index (χ1n) is 29.7. The van der Waals surface area contributed by atoms with E-state index in [0.29, 0.717) is 106 Å². The van der Waals surface area contributed by atoms with Crippen LogP contribution in [0, 0.1) is 35.5 Å². The quantitative estimate of drug-likeness (QED) is 0.0601. The number of nitrogens with zero attached hydrogens (tertiary/aromatic N) is 4. The van der Waals surface area contributed by atoms with Gasteiger partial charge in [0.2, 0.25) is 17.7 Å². The normalized spacial score (nSPS) is 37.4. The molecule has 3 aliphatic carbocycles. The number of carbonyl (C=O) groups is 3. The molecule has 0 bridgehead atoms. The summed E-state index contributed by atoms with van der Waals surface area (Å²) in [5.41, 5.74) is 10.5. The average Bonchev–Trinajstić information content (AvgIpc) is 4.28. The Hall–Kier alpha value is -1.76. The Balaban J connectivity index is 0.655. The molecule has 3 saturated carbocycles. The smallest absolute Gasteiger partial charge is 0.246 e. The maximum absolute atomic E-state index is 14.4. The molecule has 0 aromatic rings. The molecule has 9 rings (SSSR count). The van der Waals surface area contributed by atoms with Gasteiger partial charge in [0.05, 0.1) is 57.6 Å². The van der Waals surface area contributed by atoms with E-state index in [0.717, 1.165) is 89.3 Å². The number of aliphatic hydroxyl groups is 1. The molecule has 6 heterocycles. The zero-order valence-corrected chi connectivity index (χ0v) is 46.6. The molecule has 3 amide bonds. The maximum Gasteiger partial charge on any atom is 0.246 e. The van der Waals surface area contributed by atoms with Crippen LogP contribution in [0.3, 0.4) is 0 Å². The van der Waals surface area contributed by atoms with Gasteiger partial charge in [0.1, 0.15) is 12.1 Å². The van der Waals surface area contributed by atoms with Crippen molar-refractivity contribution in [3.05, 3.63) is 0 Å². The van der Waals surface area contributed by atoms with Gasteiger partial charge in [0, 0.05) is 105 Å². The van der Waals surface area contributed by atoms with Crippen LogP contribution in [-0.4, -0.2) is 199 Å². The summed E-state index contributed by atoms with van der Waals surface area (Å²) in [5.74, 6) is 2.15. The number of nitrogens with one attached hydrogen (secondary N) is 8. The molecular formula is C54H98N12O7S. The van der Waals surface area contributed by atoms with E-state index in [1.165, 1.54) is 38.5 Å². The predicted molar refractivity (Wildman–Crippen MR) is 288 cm³/mol. The number of β-amino-alcohol motifs (C(OH)–C–C–N with tert-alkyl or cyclic N) is 1. The van der Waals surface area contributed by atoms with E-state index < -0.39 is 18.2 Å². The number of carbonyl (C=O) groups excluding carboxylic acids is 3. The molecule has 0 aromatic heterocycles. The fourth-order valence-electron chi connectivity index (χ4n) is 14.7. The zero-order valence-electron chi connectivity index (χ0n) is 45.8. The summed E-state index contributed by atoms with van der Waals surface area (Å²) >= 11 is 2.00. The largest absolute Gasteiger partial charge is 0.391 e. The molecular weight excluding hydrogens is 961 g/mol. The second-order valence-corrected chi connectivity index (χ2v) is 25.3. The third kappa shape index (κ3) is 14.2. The summed E-state index contributed by atoms with van der Waals surface area (Å²) in [6.07, 6.45) is 15.6. The minimum atomic E-state index is -0.788. The van der Waals surface area contributed by atoms with Gasteiger partial charge < -0.3 is 45.1 Å². The van der Waals surface area contributed by atoms with Crippen LogP contribution in [0.1, 0.15) is 131 Å². The Morgan fingerprint density at radius 3 is 2.45 bits per heavy atom. The highest BCUT2D eigenvalue weighted by Gasteiger charge is 2.50. The van der Waals surface area contributed by atoms with Crippen LogP contribution >= 0.6 is 11.8 Å². The molecule has 74 heavy (non-hydrogen) atoms. The molecule has 9 N–H and O–H groups in total. The van der Waals surface area contributed by atoms with Crippen molar-refractivity contribution in [1.29, 1.82) is 0 Å². The molecule has 422 valence electrons. The fourth-order valence-corrected chi connectivity index (χ4v) is 16.2. The topological polar surface area (TPSA) is 208 Å². The highest BCUT2D eigenvalue weighted by molar-refractivity contribution is 8.00. The van der Waals surface area contributed by atoms with E-state index in [2.05, 4.69) is 73.8 Å². The summed E-state index contributed by atoms with van der Waals surface area (Å²) in [6, 6.07) is 1.03. The minimum absolute atomic E-state index is 0.000420. The first-order chi connectivity index (χ1) is 36.0. The molecule has 0 radical (unpaired) electrons. The van der Waals surface area contributed by atoms with E-state index in [1.807, 2.05) is 30.5 Å². The van der Waals surface area contributed by atoms with Gasteiger partial charge in [-0.2, -0.15) is 5.53 Å². The van der Waals surface area contributed by atoms with Gasteiger partial charge in [-0.15, -0.1) is 11.8 Å². The number of fused-ring (bicyclic) bond motifs is 2. The lowest BCUT2D eigenvalue weighted by Crippen LogP contribution is -2.66. The number of rotatable bonds is 25. The Morgan fingerprint density at radius 1 is 0.865 bits per heavy atom. The molecule has 20 heteroatoms. The molecule has 6 aliphatic heterocycles. The first-order valence-corrected chi connectivity index (χ1v) is 30.7. The lowest BCUT2D eigenvalue weighted by Gasteiger charge is -2.45. The number of hydrogen-bond donors (Lipinski definition) is 9. The molecule has 16 atom stereocenters. The SMILES string of the molecule is CCC(CC)C1CC(N[C@H]2CC[C@H](NCC3CN(CCOCCOCCOC4CC(C5SCNC5C)CCC4CNC(=O)[C@@H]4C[C@@H](O)CN4C(=O)[C@H](C(C)C)N4CC5CCCCC5C4=O)NN3)C2)N2NCCC2N1. The predicted octanol–water partition coefficient (Wildman–Crippen LogP) is 2.08. The van der Waals surface area contributed by atoms with Gasteiger partial charge in [-0.25, -0.2) is 15.4 Å². The number of hydrogen-bond acceptors (Lipinski definition) is 17. The maximum atomic E-state index is 14.4. The Kier molecular flexibility index (Phi) is 21.1. The van der Waals surface area contributed by atoms with E-state index in [-0.39, 0.29) is 54.5 Å². The summed E-state index contributed by atoms with van der Waals surface area (Å²) in [4.78, 5) is 45.4. The van der Waals surface area contributed by atoms with Gasteiger partial charge in [0.15, 0.2) is 0 Å². The Morgan fingerprint density at radius 2 is 1.66 bits per heavy atom. The third-order valence-corrected chi connectivity index (χ3v) is 20.4. The van der Waals surface area contributed by atoms with Crippen LogP contribution < -0.4 is 43.0 Å². The van der Waals surface area contributed by atoms with Crippen molar-refractivity contribution in [3.8, 4) is 0 Å². The van der Waals surface area contributed by atoms with Gasteiger partial charge in [-0.05, 0) is 94.8 Å². The number of hydrazine groups is 3. The first kappa shape index (κ1) is 56.9. The van der Waals surface area contributed by atoms with E-state index in [4.69, 9.17) is 14.2 Å². The number of aliphatic hydroxyl groups excluding tert-OH is 1. The lowest BCUT2D eigenvalue weighted by molar-refractivity contribution is -0.149. The van der Waals surface area contributed by atoms with E-state index in [9.17, 15) is 19.5 Å². The van der Waals surface area contributed by atoms with Crippen LogP contribution in [0.25, 0.3) is 0 Å². The summed E-state index contributed by atoms with van der Waals surface area (Å²) < 4.78 is 18.6. The molecule has 0 spiro atoms. The number of thioether (sulfide) groups is 1. The van der Waals surface area contributed by atoms with Crippen LogP contribution in [0.4, 0.5) is 0 Å². The van der Waals surface area contributed by atoms with Crippen molar-refractivity contribution in [1.82, 2.24) is 62.8 Å². The highest BCUT2D eigenvalue weighted by Crippen LogP contribution is 2.41. The summed E-state index contributed by atoms with van der Waals surface area (Å²) in [6.45, 7) is 18.3. The van der Waals surface area contributed by atoms with Gasteiger partial charge in [0.25, 0.3) is 0 Å². The van der Waals surface area contributed by atoms with Gasteiger partial charge >= 0.3 is 0 Å². The molecule has 6 saturated heterocycles. The second kappa shape index (κ2) is 27.4. The van der Waals surface area contributed by atoms with Crippen molar-refractivity contribution in [2.45, 2.75) is 203 Å². The molecule has 11 unspecified atom stereocenters. The number of ether oxygens (including phenoxy) is 3. The second-order valence-electron chi connectivity index (χ2n) is 24.1. The molecule has 9 fully saturated rings. The standard InChI is InChI=1S/C54H98N12O7S/c1-6-36(7-2)45-27-49(66-48(60-45)16-17-58-66)59-41-15-14-40(25-41)55-29-42-31-63(62-61-42)18-19-71-20-21-72-22-23-73-47-24-37(51-35(5)57-33-74-51)12-13-38(47)28-56-52(68)46-26-43(67)32-64(46)54(70)50(34(3)4)65-30-39-10-8-9-11-44(39)53(65)69/h34-51,55,57-62,67H,6-33H2,1-5H3,(H,56,68)/t35?,37?,38?,39?,40-,41-,42?,43+,44?,45?,46-,47?,48?,49?,50-,51?/m0/s1. The highest BCUT2D eigenvalue weighted by atomic mass is 32.2. The van der Waals surface area contributed by atoms with E-state index in [1.54, 1.807) is 4.90 Å². The third-order valence-electron chi connectivity index (χ3n) is 18.9. The van der Waals surface area contributed by atoms with Crippen LogP contribution in [-0.2, 0) is 28.6 Å². The van der Waals surface area contributed by atoms with Crippen molar-refractivity contribution < 1.29 is 33.7 Å². The Bertz CT molecular complexity index is 1790. The van der Waals surface area contributed by atoms with Gasteiger partial charge in [-0.3, -0.25) is 30.4 Å².